The van der Waals surface area contributed by atoms with E-state index in [-0.39, 0.29) is 0 Å². The van der Waals surface area contributed by atoms with E-state index in [9.17, 15) is 19.8 Å². The average molecular weight is 500 g/mol. The summed E-state index contributed by atoms with van der Waals surface area (Å²) in [6.07, 6.45) is 1.33. The molecule has 184 valence electrons. The summed E-state index contributed by atoms with van der Waals surface area (Å²) in [5.74, 6) is -0.885. The standard InChI is InChI=1S/C30H29NO4S/c1-19-8-3-5-11-22(19)26-18-21(28(32)24-13-7-10-20-9-4-6-12-23(20)24)14-15-25(26)29(33)31-27(30(34)35)16-17-36-2/h3-15,18,27-28,32H,16-17H2,1-2H3,(H,31,33)(H,34,35)/t27-,28?/m0/s1. The van der Waals surface area contributed by atoms with Crippen LogP contribution in [0.1, 0.15) is 39.6 Å². The van der Waals surface area contributed by atoms with E-state index in [2.05, 4.69) is 5.32 Å². The van der Waals surface area contributed by atoms with Gasteiger partial charge in [0, 0.05) is 5.56 Å². The van der Waals surface area contributed by atoms with Crippen LogP contribution in [0.5, 0.6) is 0 Å². The van der Waals surface area contributed by atoms with Gasteiger partial charge < -0.3 is 15.5 Å². The zero-order valence-corrected chi connectivity index (χ0v) is 21.1. The summed E-state index contributed by atoms with van der Waals surface area (Å²) in [6, 6.07) is 25.7. The number of amides is 1. The van der Waals surface area contributed by atoms with Gasteiger partial charge >= 0.3 is 5.97 Å². The maximum absolute atomic E-state index is 13.3. The lowest BCUT2D eigenvalue weighted by Gasteiger charge is -2.20. The van der Waals surface area contributed by atoms with Crippen LogP contribution in [-0.2, 0) is 4.79 Å². The molecule has 0 bridgehead atoms. The monoisotopic (exact) mass is 499 g/mol. The number of hydrogen-bond donors (Lipinski definition) is 3. The molecule has 4 aromatic carbocycles. The number of aryl methyl sites for hydroxylation is 1. The van der Waals surface area contributed by atoms with Gasteiger partial charge in [-0.1, -0.05) is 72.8 Å². The third-order valence-electron chi connectivity index (χ3n) is 6.37. The topological polar surface area (TPSA) is 86.6 Å². The van der Waals surface area contributed by atoms with Crippen molar-refractivity contribution in [3.05, 3.63) is 107 Å². The summed E-state index contributed by atoms with van der Waals surface area (Å²) in [6.45, 7) is 1.96. The first kappa shape index (κ1) is 25.5. The van der Waals surface area contributed by atoms with Crippen LogP contribution in [0, 0.1) is 6.92 Å². The van der Waals surface area contributed by atoms with Gasteiger partial charge in [0.15, 0.2) is 0 Å². The summed E-state index contributed by atoms with van der Waals surface area (Å²) < 4.78 is 0. The number of thioether (sulfide) groups is 1. The lowest BCUT2D eigenvalue weighted by Crippen LogP contribution is -2.41. The molecular formula is C30H29NO4S. The molecular weight excluding hydrogens is 470 g/mol. The lowest BCUT2D eigenvalue weighted by atomic mass is 9.90. The van der Waals surface area contributed by atoms with Crippen LogP contribution in [-0.4, -0.2) is 40.1 Å². The third-order valence-corrected chi connectivity index (χ3v) is 7.02. The lowest BCUT2D eigenvalue weighted by molar-refractivity contribution is -0.139. The average Bonchev–Trinajstić information content (AvgIpc) is 2.90. The van der Waals surface area contributed by atoms with Crippen molar-refractivity contribution in [3.8, 4) is 11.1 Å². The summed E-state index contributed by atoms with van der Waals surface area (Å²) in [5, 5.41) is 25.7. The number of carbonyl (C=O) groups is 2. The first-order valence-electron chi connectivity index (χ1n) is 11.8. The molecule has 0 saturated carbocycles. The van der Waals surface area contributed by atoms with Gasteiger partial charge in [0.2, 0.25) is 0 Å². The molecule has 0 fully saturated rings. The predicted octanol–water partition coefficient (Wildman–Crippen LogP) is 5.83. The molecule has 36 heavy (non-hydrogen) atoms. The van der Waals surface area contributed by atoms with Crippen molar-refractivity contribution >= 4 is 34.4 Å². The van der Waals surface area contributed by atoms with Crippen LogP contribution in [0.4, 0.5) is 0 Å². The van der Waals surface area contributed by atoms with E-state index in [1.165, 1.54) is 11.8 Å². The van der Waals surface area contributed by atoms with Gasteiger partial charge in [-0.15, -0.1) is 0 Å². The number of carbonyl (C=O) groups excluding carboxylic acids is 1. The second-order valence-electron chi connectivity index (χ2n) is 8.74. The van der Waals surface area contributed by atoms with Gasteiger partial charge in [-0.05, 0) is 76.1 Å². The highest BCUT2D eigenvalue weighted by molar-refractivity contribution is 7.98. The van der Waals surface area contributed by atoms with E-state index in [0.717, 1.165) is 27.5 Å². The Balaban J connectivity index is 1.78. The van der Waals surface area contributed by atoms with Crippen molar-refractivity contribution in [2.24, 2.45) is 0 Å². The quantitative estimate of drug-likeness (QED) is 0.270. The van der Waals surface area contributed by atoms with E-state index in [1.54, 1.807) is 12.1 Å². The minimum Gasteiger partial charge on any atom is -0.480 e. The maximum atomic E-state index is 13.3. The normalized spacial score (nSPS) is 12.8. The molecule has 0 spiro atoms. The number of aliphatic carboxylic acids is 1. The molecule has 0 heterocycles. The van der Waals surface area contributed by atoms with E-state index in [4.69, 9.17) is 0 Å². The third kappa shape index (κ3) is 5.45. The molecule has 0 aromatic heterocycles. The number of aliphatic hydroxyl groups excluding tert-OH is 1. The molecule has 4 rings (SSSR count). The van der Waals surface area contributed by atoms with Gasteiger partial charge in [-0.25, -0.2) is 4.79 Å². The van der Waals surface area contributed by atoms with Gasteiger partial charge in [0.05, 0.1) is 0 Å². The highest BCUT2D eigenvalue weighted by Gasteiger charge is 2.24. The first-order chi connectivity index (χ1) is 17.4. The molecule has 0 aliphatic heterocycles. The second kappa shape index (κ2) is 11.4. The highest BCUT2D eigenvalue weighted by atomic mass is 32.2. The Morgan fingerprint density at radius 3 is 2.39 bits per heavy atom. The maximum Gasteiger partial charge on any atom is 0.326 e. The van der Waals surface area contributed by atoms with Crippen molar-refractivity contribution in [1.82, 2.24) is 5.32 Å². The zero-order chi connectivity index (χ0) is 25.7. The number of carboxylic acids is 1. The van der Waals surface area contributed by atoms with Crippen LogP contribution in [0.25, 0.3) is 21.9 Å². The fourth-order valence-corrected chi connectivity index (χ4v) is 4.90. The Hall–Kier alpha value is -3.61. The van der Waals surface area contributed by atoms with Gasteiger partial charge in [0.1, 0.15) is 12.1 Å². The van der Waals surface area contributed by atoms with E-state index < -0.39 is 24.0 Å². The molecule has 5 nitrogen and oxygen atoms in total. The van der Waals surface area contributed by atoms with Crippen molar-refractivity contribution in [2.75, 3.05) is 12.0 Å². The minimum absolute atomic E-state index is 0.333. The Kier molecular flexibility index (Phi) is 8.08. The number of nitrogens with one attached hydrogen (secondary N) is 1. The predicted molar refractivity (Wildman–Crippen MR) is 147 cm³/mol. The Labute approximate surface area is 215 Å². The van der Waals surface area contributed by atoms with Crippen molar-refractivity contribution < 1.29 is 19.8 Å². The molecule has 1 unspecified atom stereocenters. The van der Waals surface area contributed by atoms with Crippen LogP contribution < -0.4 is 5.32 Å². The van der Waals surface area contributed by atoms with Gasteiger partial charge in [-0.2, -0.15) is 11.8 Å². The number of hydrogen-bond acceptors (Lipinski definition) is 4. The molecule has 4 aromatic rings. The number of aliphatic hydroxyl groups is 1. The van der Waals surface area contributed by atoms with Gasteiger partial charge in [-0.3, -0.25) is 4.79 Å². The molecule has 3 N–H and O–H groups in total. The minimum atomic E-state index is -1.06. The first-order valence-corrected chi connectivity index (χ1v) is 13.2. The van der Waals surface area contributed by atoms with E-state index >= 15 is 0 Å². The fraction of sp³-hybridized carbons (Fsp3) is 0.200. The van der Waals surface area contributed by atoms with Crippen LogP contribution in [0.2, 0.25) is 0 Å². The highest BCUT2D eigenvalue weighted by Crippen LogP contribution is 2.34. The van der Waals surface area contributed by atoms with Crippen LogP contribution in [0.15, 0.2) is 84.9 Å². The molecule has 2 atom stereocenters. The van der Waals surface area contributed by atoms with Crippen LogP contribution in [0.3, 0.4) is 0 Å². The Bertz CT molecular complexity index is 1400. The number of benzene rings is 4. The molecule has 0 saturated heterocycles. The number of rotatable bonds is 9. The zero-order valence-electron chi connectivity index (χ0n) is 20.3. The molecule has 0 aliphatic rings. The molecule has 0 aliphatic carbocycles. The van der Waals surface area contributed by atoms with E-state index in [1.807, 2.05) is 86.0 Å². The van der Waals surface area contributed by atoms with Gasteiger partial charge in [0.25, 0.3) is 5.91 Å². The molecule has 1 amide bonds. The Morgan fingerprint density at radius 2 is 1.64 bits per heavy atom. The van der Waals surface area contributed by atoms with Crippen molar-refractivity contribution in [1.29, 1.82) is 0 Å². The summed E-state index contributed by atoms with van der Waals surface area (Å²) in [4.78, 5) is 25.0. The molecule has 0 radical (unpaired) electrons. The van der Waals surface area contributed by atoms with Crippen LogP contribution >= 0.6 is 11.8 Å². The summed E-state index contributed by atoms with van der Waals surface area (Å²) >= 11 is 1.53. The number of carboxylic acid groups (broad SMARTS) is 1. The smallest absolute Gasteiger partial charge is 0.326 e. The SMILES string of the molecule is CSCC[C@H](NC(=O)c1ccc(C(O)c2cccc3ccccc23)cc1-c1ccccc1C)C(=O)O. The Morgan fingerprint density at radius 1 is 0.917 bits per heavy atom. The second-order valence-corrected chi connectivity index (χ2v) is 9.72. The largest absolute Gasteiger partial charge is 0.480 e. The summed E-state index contributed by atoms with van der Waals surface area (Å²) in [5.41, 5.74) is 4.28. The summed E-state index contributed by atoms with van der Waals surface area (Å²) in [7, 11) is 0. The van der Waals surface area contributed by atoms with Crippen molar-refractivity contribution in [3.63, 3.8) is 0 Å². The fourth-order valence-electron chi connectivity index (χ4n) is 4.43. The number of fused-ring (bicyclic) bond motifs is 1. The molecule has 6 heteroatoms. The van der Waals surface area contributed by atoms with E-state index in [0.29, 0.717) is 28.9 Å². The van der Waals surface area contributed by atoms with Crippen molar-refractivity contribution in [2.45, 2.75) is 25.5 Å².